The zero-order chi connectivity index (χ0) is 20.9. The van der Waals surface area contributed by atoms with E-state index in [1.54, 1.807) is 23.9 Å². The van der Waals surface area contributed by atoms with Gasteiger partial charge in [0.1, 0.15) is 16.0 Å². The van der Waals surface area contributed by atoms with Gasteiger partial charge in [0.2, 0.25) is 0 Å². The number of benzene rings is 2. The van der Waals surface area contributed by atoms with Gasteiger partial charge in [-0.3, -0.25) is 4.31 Å². The fourth-order valence-corrected chi connectivity index (χ4v) is 6.95. The molecule has 30 heavy (non-hydrogen) atoms. The minimum atomic E-state index is -3.71. The molecule has 0 unspecified atom stereocenters. The Kier molecular flexibility index (Phi) is 4.58. The lowest BCUT2D eigenvalue weighted by Gasteiger charge is -2.30. The zero-order valence-corrected chi connectivity index (χ0v) is 18.4. The second-order valence-electron chi connectivity index (χ2n) is 6.90. The number of aromatic nitrogens is 2. The van der Waals surface area contributed by atoms with Crippen molar-refractivity contribution < 1.29 is 8.42 Å². The van der Waals surface area contributed by atoms with Gasteiger partial charge in [-0.15, -0.1) is 23.1 Å². The van der Waals surface area contributed by atoms with E-state index < -0.39 is 10.0 Å². The fourth-order valence-electron chi connectivity index (χ4n) is 3.58. The minimum Gasteiger partial charge on any atom is -0.351 e. The maximum atomic E-state index is 13.6. The van der Waals surface area contributed by atoms with Crippen molar-refractivity contribution in [1.82, 2.24) is 9.55 Å². The highest BCUT2D eigenvalue weighted by atomic mass is 32.2. The molecule has 6 nitrogen and oxygen atoms in total. The average molecular weight is 453 g/mol. The van der Waals surface area contributed by atoms with Crippen LogP contribution >= 0.6 is 23.1 Å². The molecule has 4 aromatic rings. The Morgan fingerprint density at radius 3 is 2.83 bits per heavy atom. The number of fused-ring (bicyclic) bond motifs is 2. The molecule has 0 N–H and O–H groups in total. The van der Waals surface area contributed by atoms with Crippen molar-refractivity contribution in [2.24, 2.45) is 7.05 Å². The molecular formula is C21H16N4O2S3. The summed E-state index contributed by atoms with van der Waals surface area (Å²) >= 11 is 2.94. The van der Waals surface area contributed by atoms with Crippen LogP contribution in [-0.2, 0) is 17.1 Å². The smallest absolute Gasteiger partial charge is 0.264 e. The van der Waals surface area contributed by atoms with Crippen molar-refractivity contribution in [2.45, 2.75) is 9.79 Å². The molecule has 0 saturated carbocycles. The van der Waals surface area contributed by atoms with E-state index in [9.17, 15) is 8.42 Å². The van der Waals surface area contributed by atoms with Gasteiger partial charge in [0.25, 0.3) is 10.0 Å². The van der Waals surface area contributed by atoms with Crippen LogP contribution in [0, 0.1) is 11.3 Å². The lowest BCUT2D eigenvalue weighted by Crippen LogP contribution is -2.35. The molecule has 0 radical (unpaired) electrons. The standard InChI is InChI=1S/C21H16N4O2S3/c1-24-7-6-14-10-17(3-4-18(14)24)30(26,27)25-8-9-28-20-5-2-15(11-19(20)25)21-23-13-16(12-22)29-21/h2-7,10-11,13H,8-9H2,1H3. The zero-order valence-electron chi connectivity index (χ0n) is 15.9. The number of aryl methyl sites for hydroxylation is 1. The van der Waals surface area contributed by atoms with E-state index in [1.165, 1.54) is 21.8 Å². The molecule has 3 heterocycles. The van der Waals surface area contributed by atoms with Crippen LogP contribution in [0.2, 0.25) is 0 Å². The predicted molar refractivity (Wildman–Crippen MR) is 120 cm³/mol. The second-order valence-corrected chi connectivity index (χ2v) is 10.9. The largest absolute Gasteiger partial charge is 0.351 e. The lowest BCUT2D eigenvalue weighted by atomic mass is 10.2. The molecule has 0 fully saturated rings. The first kappa shape index (κ1) is 19.2. The van der Waals surface area contributed by atoms with Crippen molar-refractivity contribution in [1.29, 1.82) is 5.26 Å². The van der Waals surface area contributed by atoms with Crippen LogP contribution in [0.5, 0.6) is 0 Å². The first-order valence-electron chi connectivity index (χ1n) is 9.18. The van der Waals surface area contributed by atoms with Crippen LogP contribution in [-0.4, -0.2) is 30.3 Å². The fraction of sp³-hybridized carbons (Fsp3) is 0.143. The molecule has 0 aliphatic carbocycles. The molecule has 5 rings (SSSR count). The van der Waals surface area contributed by atoms with Crippen LogP contribution in [0.4, 0.5) is 5.69 Å². The molecular weight excluding hydrogens is 436 g/mol. The summed E-state index contributed by atoms with van der Waals surface area (Å²) in [5, 5.41) is 10.7. The topological polar surface area (TPSA) is 79.0 Å². The molecule has 2 aromatic carbocycles. The van der Waals surface area contributed by atoms with Crippen LogP contribution in [0.3, 0.4) is 0 Å². The predicted octanol–water partition coefficient (Wildman–Crippen LogP) is 4.47. The molecule has 150 valence electrons. The second kappa shape index (κ2) is 7.16. The maximum Gasteiger partial charge on any atom is 0.264 e. The van der Waals surface area contributed by atoms with E-state index in [4.69, 9.17) is 5.26 Å². The first-order chi connectivity index (χ1) is 14.5. The molecule has 0 saturated heterocycles. The number of anilines is 1. The highest BCUT2D eigenvalue weighted by molar-refractivity contribution is 8.00. The summed E-state index contributed by atoms with van der Waals surface area (Å²) in [7, 11) is -1.78. The van der Waals surface area contributed by atoms with E-state index in [0.29, 0.717) is 27.9 Å². The molecule has 0 atom stereocenters. The van der Waals surface area contributed by atoms with Crippen molar-refractivity contribution in [3.8, 4) is 16.6 Å². The summed E-state index contributed by atoms with van der Waals surface area (Å²) < 4.78 is 30.6. The third-order valence-electron chi connectivity index (χ3n) is 5.09. The van der Waals surface area contributed by atoms with Gasteiger partial charge in [0, 0.05) is 46.9 Å². The van der Waals surface area contributed by atoms with Crippen LogP contribution in [0.25, 0.3) is 21.5 Å². The van der Waals surface area contributed by atoms with Crippen LogP contribution in [0.1, 0.15) is 4.88 Å². The first-order valence-corrected chi connectivity index (χ1v) is 12.4. The number of hydrogen-bond donors (Lipinski definition) is 0. The number of rotatable bonds is 3. The number of thioether (sulfide) groups is 1. The molecule has 0 bridgehead atoms. The summed E-state index contributed by atoms with van der Waals surface area (Å²) in [5.74, 6) is 0.689. The monoisotopic (exact) mass is 452 g/mol. The number of hydrogen-bond acceptors (Lipinski definition) is 6. The van der Waals surface area contributed by atoms with Gasteiger partial charge < -0.3 is 4.57 Å². The van der Waals surface area contributed by atoms with Gasteiger partial charge in [0.15, 0.2) is 0 Å². The van der Waals surface area contributed by atoms with Crippen molar-refractivity contribution in [3.05, 3.63) is 59.7 Å². The Hall–Kier alpha value is -2.80. The summed E-state index contributed by atoms with van der Waals surface area (Å²) in [6, 6.07) is 15.0. The van der Waals surface area contributed by atoms with Crippen molar-refractivity contribution >= 4 is 49.7 Å². The Bertz CT molecular complexity index is 1430. The van der Waals surface area contributed by atoms with Gasteiger partial charge in [-0.2, -0.15) is 5.26 Å². The SMILES string of the molecule is Cn1ccc2cc(S(=O)(=O)N3CCSc4ccc(-c5ncc(C#N)s5)cc43)ccc21. The van der Waals surface area contributed by atoms with Gasteiger partial charge in [0.05, 0.1) is 16.8 Å². The van der Waals surface area contributed by atoms with E-state index in [0.717, 1.165) is 21.4 Å². The third-order valence-corrected chi connectivity index (χ3v) is 8.89. The van der Waals surface area contributed by atoms with Crippen LogP contribution < -0.4 is 4.31 Å². The van der Waals surface area contributed by atoms with Gasteiger partial charge in [-0.05, 0) is 36.4 Å². The van der Waals surface area contributed by atoms with E-state index in [2.05, 4.69) is 11.1 Å². The number of thiazole rings is 1. The Morgan fingerprint density at radius 1 is 1.17 bits per heavy atom. The summed E-state index contributed by atoms with van der Waals surface area (Å²) in [4.78, 5) is 6.04. The molecule has 2 aromatic heterocycles. The van der Waals surface area contributed by atoms with Gasteiger partial charge in [-0.1, -0.05) is 6.07 Å². The maximum absolute atomic E-state index is 13.6. The number of nitrogens with zero attached hydrogens (tertiary/aromatic N) is 4. The van der Waals surface area contributed by atoms with Gasteiger partial charge >= 0.3 is 0 Å². The average Bonchev–Trinajstić information content (AvgIpc) is 3.39. The highest BCUT2D eigenvalue weighted by Gasteiger charge is 2.30. The molecule has 9 heteroatoms. The van der Waals surface area contributed by atoms with E-state index >= 15 is 0 Å². The molecule has 1 aliphatic heterocycles. The quantitative estimate of drug-likeness (QED) is 0.458. The third kappa shape index (κ3) is 3.08. The van der Waals surface area contributed by atoms with Gasteiger partial charge in [-0.25, -0.2) is 13.4 Å². The Morgan fingerprint density at radius 2 is 2.03 bits per heavy atom. The lowest BCUT2D eigenvalue weighted by molar-refractivity contribution is 0.591. The normalized spacial score (nSPS) is 13.9. The number of nitriles is 1. The Balaban J connectivity index is 1.60. The highest BCUT2D eigenvalue weighted by Crippen LogP contribution is 2.41. The molecule has 1 aliphatic rings. The van der Waals surface area contributed by atoms with Crippen LogP contribution in [0.15, 0.2) is 64.6 Å². The minimum absolute atomic E-state index is 0.283. The molecule has 0 amide bonds. The Labute approximate surface area is 182 Å². The number of sulfonamides is 1. The van der Waals surface area contributed by atoms with Crippen molar-refractivity contribution in [2.75, 3.05) is 16.6 Å². The van der Waals surface area contributed by atoms with E-state index in [-0.39, 0.29) is 4.90 Å². The summed E-state index contributed by atoms with van der Waals surface area (Å²) in [6.45, 7) is 0.400. The van der Waals surface area contributed by atoms with E-state index in [1.807, 2.05) is 48.1 Å². The van der Waals surface area contributed by atoms with Crippen molar-refractivity contribution in [3.63, 3.8) is 0 Å². The summed E-state index contributed by atoms with van der Waals surface area (Å²) in [6.07, 6.45) is 3.46. The summed E-state index contributed by atoms with van der Waals surface area (Å²) in [5.41, 5.74) is 2.45. The molecule has 0 spiro atoms.